The lowest BCUT2D eigenvalue weighted by molar-refractivity contribution is 0.0700. The van der Waals surface area contributed by atoms with Crippen molar-refractivity contribution in [1.29, 1.82) is 0 Å². The maximum Gasteiger partial charge on any atom is 0.346 e. The number of carboxylic acids is 1. The minimum atomic E-state index is -0.899. The summed E-state index contributed by atoms with van der Waals surface area (Å²) in [6, 6.07) is 1.60. The summed E-state index contributed by atoms with van der Waals surface area (Å²) >= 11 is 1.25. The molecule has 1 aromatic heterocycles. The highest BCUT2D eigenvalue weighted by molar-refractivity contribution is 7.18. The van der Waals surface area contributed by atoms with Gasteiger partial charge in [-0.3, -0.25) is 0 Å². The molecular weight excluding hydrogens is 214 g/mol. The summed E-state index contributed by atoms with van der Waals surface area (Å²) in [4.78, 5) is 13.2. The lowest BCUT2D eigenvalue weighted by atomic mass is 10.1. The van der Waals surface area contributed by atoms with Gasteiger partial charge in [-0.1, -0.05) is 0 Å². The summed E-state index contributed by atoms with van der Waals surface area (Å²) in [5.74, 6) is -0.222. The standard InChI is InChI=1S/C10H13NO3S/c1-10(2)5-11(3)8-6(14-10)4-7(15-8)9(12)13/h4H,5H2,1-3H3,(H,12,13). The highest BCUT2D eigenvalue weighted by atomic mass is 32.1. The van der Waals surface area contributed by atoms with Gasteiger partial charge in [0.1, 0.15) is 15.5 Å². The van der Waals surface area contributed by atoms with Gasteiger partial charge in [-0.05, 0) is 13.8 Å². The van der Waals surface area contributed by atoms with Crippen LogP contribution < -0.4 is 9.64 Å². The molecule has 0 bridgehead atoms. The highest BCUT2D eigenvalue weighted by Crippen LogP contribution is 2.42. The second-order valence-electron chi connectivity index (χ2n) is 4.30. The van der Waals surface area contributed by atoms with Gasteiger partial charge in [0.05, 0.1) is 6.54 Å². The van der Waals surface area contributed by atoms with Crippen LogP contribution in [0.4, 0.5) is 5.00 Å². The van der Waals surface area contributed by atoms with Crippen LogP contribution in [0.5, 0.6) is 5.75 Å². The zero-order chi connectivity index (χ0) is 11.2. The van der Waals surface area contributed by atoms with E-state index in [0.717, 1.165) is 11.5 Å². The van der Waals surface area contributed by atoms with Crippen LogP contribution in [0.1, 0.15) is 23.5 Å². The van der Waals surface area contributed by atoms with Crippen molar-refractivity contribution in [1.82, 2.24) is 0 Å². The molecule has 1 aliphatic heterocycles. The van der Waals surface area contributed by atoms with Crippen LogP contribution in [-0.2, 0) is 0 Å². The molecule has 0 aromatic carbocycles. The minimum Gasteiger partial charge on any atom is -0.483 e. The molecule has 1 aliphatic rings. The number of aromatic carboxylic acids is 1. The monoisotopic (exact) mass is 227 g/mol. The first-order valence-corrected chi connectivity index (χ1v) is 5.48. The fourth-order valence-corrected chi connectivity index (χ4v) is 2.67. The number of hydrogen-bond acceptors (Lipinski definition) is 4. The largest absolute Gasteiger partial charge is 0.483 e. The van der Waals surface area contributed by atoms with Crippen LogP contribution in [0, 0.1) is 0 Å². The van der Waals surface area contributed by atoms with E-state index in [-0.39, 0.29) is 5.60 Å². The zero-order valence-corrected chi connectivity index (χ0v) is 9.72. The van der Waals surface area contributed by atoms with Gasteiger partial charge in [0.2, 0.25) is 0 Å². The van der Waals surface area contributed by atoms with E-state index >= 15 is 0 Å². The summed E-state index contributed by atoms with van der Waals surface area (Å²) in [5.41, 5.74) is -0.265. The predicted molar refractivity (Wildman–Crippen MR) is 59.3 cm³/mol. The number of likely N-dealkylation sites (N-methyl/N-ethyl adjacent to an activating group) is 1. The number of thiophene rings is 1. The summed E-state index contributed by atoms with van der Waals surface area (Å²) in [6.45, 7) is 4.74. The molecule has 2 heterocycles. The molecule has 1 aromatic rings. The molecule has 0 saturated carbocycles. The normalized spacial score (nSPS) is 18.2. The van der Waals surface area contributed by atoms with Gasteiger partial charge in [0.15, 0.2) is 5.75 Å². The van der Waals surface area contributed by atoms with E-state index in [0.29, 0.717) is 10.6 Å². The molecule has 0 unspecified atom stereocenters. The molecule has 0 saturated heterocycles. The van der Waals surface area contributed by atoms with Crippen LogP contribution in [-0.4, -0.2) is 30.3 Å². The number of fused-ring (bicyclic) bond motifs is 1. The molecule has 0 fully saturated rings. The van der Waals surface area contributed by atoms with Gasteiger partial charge < -0.3 is 14.7 Å². The van der Waals surface area contributed by atoms with Gasteiger partial charge >= 0.3 is 5.97 Å². The van der Waals surface area contributed by atoms with E-state index in [1.807, 2.05) is 25.8 Å². The number of carbonyl (C=O) groups is 1. The third-order valence-corrected chi connectivity index (χ3v) is 3.46. The molecule has 4 nitrogen and oxygen atoms in total. The summed E-state index contributed by atoms with van der Waals surface area (Å²) < 4.78 is 5.73. The third kappa shape index (κ3) is 1.79. The van der Waals surface area contributed by atoms with Crippen molar-refractivity contribution in [3.8, 4) is 5.75 Å². The summed E-state index contributed by atoms with van der Waals surface area (Å²) in [5, 5.41) is 9.78. The maximum absolute atomic E-state index is 10.8. The number of rotatable bonds is 1. The molecule has 0 amide bonds. The fraction of sp³-hybridized carbons (Fsp3) is 0.500. The molecule has 1 N–H and O–H groups in total. The van der Waals surface area contributed by atoms with Crippen molar-refractivity contribution in [2.45, 2.75) is 19.4 Å². The average molecular weight is 227 g/mol. The first-order valence-electron chi connectivity index (χ1n) is 4.66. The van der Waals surface area contributed by atoms with Crippen molar-refractivity contribution in [3.05, 3.63) is 10.9 Å². The molecule has 0 aliphatic carbocycles. The quantitative estimate of drug-likeness (QED) is 0.797. The second kappa shape index (κ2) is 3.13. The van der Waals surface area contributed by atoms with Crippen LogP contribution in [0.15, 0.2) is 6.07 Å². The van der Waals surface area contributed by atoms with E-state index in [2.05, 4.69) is 0 Å². The Morgan fingerprint density at radius 2 is 2.33 bits per heavy atom. The summed E-state index contributed by atoms with van der Waals surface area (Å²) in [6.07, 6.45) is 0. The van der Waals surface area contributed by atoms with Crippen molar-refractivity contribution < 1.29 is 14.6 Å². The Morgan fingerprint density at radius 1 is 1.67 bits per heavy atom. The molecule has 82 valence electrons. The lowest BCUT2D eigenvalue weighted by Gasteiger charge is -2.36. The Morgan fingerprint density at radius 3 is 2.93 bits per heavy atom. The SMILES string of the molecule is CN1CC(C)(C)Oc2cc(C(=O)O)sc21. The van der Waals surface area contributed by atoms with E-state index in [1.54, 1.807) is 6.07 Å². The van der Waals surface area contributed by atoms with Gasteiger partial charge in [-0.2, -0.15) is 0 Å². The smallest absolute Gasteiger partial charge is 0.346 e. The van der Waals surface area contributed by atoms with Crippen molar-refractivity contribution in [2.75, 3.05) is 18.5 Å². The summed E-state index contributed by atoms with van der Waals surface area (Å²) in [7, 11) is 1.95. The topological polar surface area (TPSA) is 49.8 Å². The van der Waals surface area contributed by atoms with Crippen LogP contribution in [0.3, 0.4) is 0 Å². The number of anilines is 1. The third-order valence-electron chi connectivity index (χ3n) is 2.24. The van der Waals surface area contributed by atoms with Gasteiger partial charge in [-0.15, -0.1) is 11.3 Å². The van der Waals surface area contributed by atoms with E-state index in [1.165, 1.54) is 11.3 Å². The molecule has 15 heavy (non-hydrogen) atoms. The van der Waals surface area contributed by atoms with Gasteiger partial charge in [0, 0.05) is 13.1 Å². The number of hydrogen-bond donors (Lipinski definition) is 1. The zero-order valence-electron chi connectivity index (χ0n) is 8.90. The van der Waals surface area contributed by atoms with E-state index in [4.69, 9.17) is 9.84 Å². The van der Waals surface area contributed by atoms with Crippen molar-refractivity contribution >= 4 is 22.3 Å². The molecule has 0 spiro atoms. The maximum atomic E-state index is 10.8. The Labute approximate surface area is 92.1 Å². The first kappa shape index (κ1) is 10.3. The minimum absolute atomic E-state index is 0.265. The first-order chi connectivity index (χ1) is 6.89. The number of nitrogens with zero attached hydrogens (tertiary/aromatic N) is 1. The highest BCUT2D eigenvalue weighted by Gasteiger charge is 2.32. The van der Waals surface area contributed by atoms with Crippen LogP contribution in [0.25, 0.3) is 0 Å². The van der Waals surface area contributed by atoms with Crippen LogP contribution in [0.2, 0.25) is 0 Å². The predicted octanol–water partition coefficient (Wildman–Crippen LogP) is 2.05. The Kier molecular flexibility index (Phi) is 2.15. The van der Waals surface area contributed by atoms with Gasteiger partial charge in [0.25, 0.3) is 0 Å². The Bertz CT molecular complexity index is 411. The molecule has 5 heteroatoms. The fourth-order valence-electron chi connectivity index (χ4n) is 1.78. The molecule has 0 radical (unpaired) electrons. The average Bonchev–Trinajstić information content (AvgIpc) is 2.45. The van der Waals surface area contributed by atoms with E-state index < -0.39 is 5.97 Å². The van der Waals surface area contributed by atoms with Crippen molar-refractivity contribution in [2.24, 2.45) is 0 Å². The second-order valence-corrected chi connectivity index (χ2v) is 5.33. The Balaban J connectivity index is 2.42. The molecule has 0 atom stereocenters. The van der Waals surface area contributed by atoms with Crippen LogP contribution >= 0.6 is 11.3 Å². The Hall–Kier alpha value is -1.23. The van der Waals surface area contributed by atoms with E-state index in [9.17, 15) is 4.79 Å². The van der Waals surface area contributed by atoms with Crippen molar-refractivity contribution in [3.63, 3.8) is 0 Å². The molecule has 2 rings (SSSR count). The lowest BCUT2D eigenvalue weighted by Crippen LogP contribution is -2.44. The molecular formula is C10H13NO3S. The van der Waals surface area contributed by atoms with Gasteiger partial charge in [-0.25, -0.2) is 4.79 Å². The number of carboxylic acid groups (broad SMARTS) is 1. The number of ether oxygens (including phenoxy) is 1.